The number of nitrogens with zero attached hydrogens (tertiary/aromatic N) is 3. The van der Waals surface area contributed by atoms with Gasteiger partial charge in [0.2, 0.25) is 5.91 Å². The van der Waals surface area contributed by atoms with Crippen molar-refractivity contribution in [3.63, 3.8) is 0 Å². The lowest BCUT2D eigenvalue weighted by molar-refractivity contribution is -0.274. The molecule has 1 amide bonds. The molecule has 0 aliphatic rings. The lowest BCUT2D eigenvalue weighted by Crippen LogP contribution is -2.17. The van der Waals surface area contributed by atoms with Gasteiger partial charge in [-0.2, -0.15) is 0 Å². The van der Waals surface area contributed by atoms with Gasteiger partial charge in [-0.1, -0.05) is 41.6 Å². The zero-order chi connectivity index (χ0) is 23.4. The van der Waals surface area contributed by atoms with Crippen LogP contribution in [0, 0.1) is 6.92 Å². The number of carbonyl (C=O) groups excluding carboxylic acids is 1. The second-order valence-electron chi connectivity index (χ2n) is 6.84. The summed E-state index contributed by atoms with van der Waals surface area (Å²) in [6, 6.07) is 13.3. The first-order valence-electron chi connectivity index (χ1n) is 9.61. The zero-order valence-electron chi connectivity index (χ0n) is 17.2. The van der Waals surface area contributed by atoms with E-state index in [1.54, 1.807) is 22.3 Å². The van der Waals surface area contributed by atoms with Gasteiger partial charge in [0.05, 0.1) is 17.6 Å². The number of amides is 1. The fourth-order valence-corrected chi connectivity index (χ4v) is 4.32. The van der Waals surface area contributed by atoms with Crippen LogP contribution in [0.2, 0.25) is 0 Å². The molecule has 11 heteroatoms. The van der Waals surface area contributed by atoms with E-state index in [1.165, 1.54) is 47.4 Å². The summed E-state index contributed by atoms with van der Waals surface area (Å²) < 4.78 is 43.3. The molecule has 6 nitrogen and oxygen atoms in total. The first-order chi connectivity index (χ1) is 15.8. The highest BCUT2D eigenvalue weighted by Crippen LogP contribution is 2.32. The number of benzene rings is 2. The number of anilines is 1. The molecule has 0 unspecified atom stereocenters. The van der Waals surface area contributed by atoms with Crippen LogP contribution < -0.4 is 10.1 Å². The minimum Gasteiger partial charge on any atom is -0.406 e. The first-order valence-corrected chi connectivity index (χ1v) is 11.5. The summed E-state index contributed by atoms with van der Waals surface area (Å²) in [5.41, 5.74) is 3.29. The van der Waals surface area contributed by atoms with Gasteiger partial charge in [0.25, 0.3) is 0 Å². The van der Waals surface area contributed by atoms with E-state index in [-0.39, 0.29) is 17.4 Å². The summed E-state index contributed by atoms with van der Waals surface area (Å²) in [5, 5.41) is 5.49. The Labute approximate surface area is 195 Å². The largest absolute Gasteiger partial charge is 0.573 e. The molecule has 2 heterocycles. The number of aryl methyl sites for hydroxylation is 1. The number of imidazole rings is 1. The minimum absolute atomic E-state index is 0.0825. The van der Waals surface area contributed by atoms with E-state index < -0.39 is 6.36 Å². The molecular formula is C22H17F3N4O2S2. The van der Waals surface area contributed by atoms with Crippen LogP contribution in [-0.2, 0) is 4.79 Å². The number of carbonyl (C=O) groups is 1. The average molecular weight is 491 g/mol. The van der Waals surface area contributed by atoms with Gasteiger partial charge in [0.1, 0.15) is 5.75 Å². The van der Waals surface area contributed by atoms with Crippen molar-refractivity contribution >= 4 is 34.1 Å². The number of halogens is 3. The Morgan fingerprint density at radius 1 is 1.12 bits per heavy atom. The first kappa shape index (κ1) is 22.9. The van der Waals surface area contributed by atoms with Crippen molar-refractivity contribution in [2.45, 2.75) is 18.4 Å². The van der Waals surface area contributed by atoms with Crippen molar-refractivity contribution in [2.24, 2.45) is 0 Å². The Balaban J connectivity index is 1.62. The average Bonchev–Trinajstić information content (AvgIpc) is 3.42. The molecule has 2 aromatic carbocycles. The fourth-order valence-electron chi connectivity index (χ4n) is 2.98. The maximum Gasteiger partial charge on any atom is 0.573 e. The summed E-state index contributed by atoms with van der Waals surface area (Å²) in [4.78, 5) is 20.8. The van der Waals surface area contributed by atoms with E-state index >= 15 is 0 Å². The number of thioether (sulfide) groups is 1. The highest BCUT2D eigenvalue weighted by molar-refractivity contribution is 7.99. The van der Waals surface area contributed by atoms with E-state index in [0.717, 1.165) is 16.8 Å². The molecule has 0 aliphatic heterocycles. The third-order valence-electron chi connectivity index (χ3n) is 4.42. The molecule has 0 fully saturated rings. The van der Waals surface area contributed by atoms with E-state index in [4.69, 9.17) is 0 Å². The van der Waals surface area contributed by atoms with Gasteiger partial charge >= 0.3 is 6.36 Å². The molecule has 0 saturated carbocycles. The van der Waals surface area contributed by atoms with Crippen molar-refractivity contribution in [3.8, 4) is 22.7 Å². The normalized spacial score (nSPS) is 11.4. The van der Waals surface area contributed by atoms with Crippen molar-refractivity contribution < 1.29 is 22.7 Å². The van der Waals surface area contributed by atoms with Crippen molar-refractivity contribution in [1.29, 1.82) is 0 Å². The number of alkyl halides is 3. The van der Waals surface area contributed by atoms with Gasteiger partial charge in [-0.15, -0.1) is 24.5 Å². The van der Waals surface area contributed by atoms with E-state index in [1.807, 2.05) is 31.2 Å². The lowest BCUT2D eigenvalue weighted by Gasteiger charge is -2.14. The van der Waals surface area contributed by atoms with Crippen LogP contribution in [-0.4, -0.2) is 32.6 Å². The maximum absolute atomic E-state index is 12.5. The van der Waals surface area contributed by atoms with Gasteiger partial charge in [-0.05, 0) is 31.2 Å². The van der Waals surface area contributed by atoms with Crippen molar-refractivity contribution in [2.75, 3.05) is 11.1 Å². The number of hydrogen-bond donors (Lipinski definition) is 1. The molecule has 0 radical (unpaired) electrons. The summed E-state index contributed by atoms with van der Waals surface area (Å²) in [6.07, 6.45) is -1.50. The summed E-state index contributed by atoms with van der Waals surface area (Å²) in [5.74, 6) is -0.477. The maximum atomic E-state index is 12.5. The van der Waals surface area contributed by atoms with E-state index in [0.29, 0.717) is 16.0 Å². The van der Waals surface area contributed by atoms with Crippen LogP contribution in [0.3, 0.4) is 0 Å². The number of hydrogen-bond acceptors (Lipinski definition) is 6. The molecule has 4 aromatic rings. The Bertz CT molecular complexity index is 1220. The third-order valence-corrected chi connectivity index (χ3v) is 6.06. The molecule has 1 N–H and O–H groups in total. The van der Waals surface area contributed by atoms with E-state index in [9.17, 15) is 18.0 Å². The van der Waals surface area contributed by atoms with Crippen LogP contribution in [0.25, 0.3) is 16.9 Å². The monoisotopic (exact) mass is 490 g/mol. The molecule has 33 heavy (non-hydrogen) atoms. The van der Waals surface area contributed by atoms with Crippen molar-refractivity contribution in [1.82, 2.24) is 14.5 Å². The molecule has 170 valence electrons. The smallest absolute Gasteiger partial charge is 0.406 e. The molecular weight excluding hydrogens is 473 g/mol. The van der Waals surface area contributed by atoms with E-state index in [2.05, 4.69) is 20.0 Å². The second-order valence-corrected chi connectivity index (χ2v) is 8.68. The Hall–Kier alpha value is -3.31. The Morgan fingerprint density at radius 2 is 1.85 bits per heavy atom. The Kier molecular flexibility index (Phi) is 6.70. The quantitative estimate of drug-likeness (QED) is 0.325. The van der Waals surface area contributed by atoms with Crippen molar-refractivity contribution in [3.05, 3.63) is 71.9 Å². The summed E-state index contributed by atoms with van der Waals surface area (Å²) in [7, 11) is 0. The fraction of sp³-hybridized carbons (Fsp3) is 0.136. The van der Waals surface area contributed by atoms with Gasteiger partial charge in [-0.25, -0.2) is 9.97 Å². The molecule has 0 atom stereocenters. The summed E-state index contributed by atoms with van der Waals surface area (Å²) >= 11 is 2.53. The third kappa shape index (κ3) is 5.93. The van der Waals surface area contributed by atoms with Crippen LogP contribution in [0.1, 0.15) is 5.56 Å². The van der Waals surface area contributed by atoms with Gasteiger partial charge in [0, 0.05) is 22.8 Å². The number of ether oxygens (including phenoxy) is 1. The predicted molar refractivity (Wildman–Crippen MR) is 122 cm³/mol. The van der Waals surface area contributed by atoms with Gasteiger partial charge in [-0.3, -0.25) is 9.36 Å². The number of rotatable bonds is 7. The van der Waals surface area contributed by atoms with Crippen LogP contribution in [0.15, 0.2) is 71.5 Å². The van der Waals surface area contributed by atoms with Crippen LogP contribution in [0.5, 0.6) is 5.75 Å². The molecule has 0 saturated heterocycles. The predicted octanol–water partition coefficient (Wildman–Crippen LogP) is 5.93. The van der Waals surface area contributed by atoms with Crippen LogP contribution >= 0.6 is 23.1 Å². The summed E-state index contributed by atoms with van der Waals surface area (Å²) in [6.45, 7) is 1.97. The number of aromatic nitrogens is 3. The molecule has 2 aromatic heterocycles. The second kappa shape index (κ2) is 9.67. The van der Waals surface area contributed by atoms with Gasteiger partial charge < -0.3 is 10.1 Å². The molecule has 4 rings (SSSR count). The standard InChI is InChI=1S/C22H17F3N4O2S2/c1-14-2-4-15(5-3-14)18-12-27-21(33-13-19(30)28-20-26-10-11-32-20)29(18)16-6-8-17(9-7-16)31-22(23,24)25/h2-12H,13H2,1H3,(H,26,28,30). The van der Waals surface area contributed by atoms with Crippen LogP contribution in [0.4, 0.5) is 18.3 Å². The lowest BCUT2D eigenvalue weighted by atomic mass is 10.1. The molecule has 0 aliphatic carbocycles. The number of thiazole rings is 1. The minimum atomic E-state index is -4.77. The van der Waals surface area contributed by atoms with Gasteiger partial charge in [0.15, 0.2) is 10.3 Å². The molecule has 0 bridgehead atoms. The SMILES string of the molecule is Cc1ccc(-c2cnc(SCC(=O)Nc3nccs3)n2-c2ccc(OC(F)(F)F)cc2)cc1. The molecule has 0 spiro atoms. The topological polar surface area (TPSA) is 69.0 Å². The number of nitrogens with one attached hydrogen (secondary N) is 1. The highest BCUT2D eigenvalue weighted by atomic mass is 32.2. The zero-order valence-corrected chi connectivity index (χ0v) is 18.8. The Morgan fingerprint density at radius 3 is 2.48 bits per heavy atom. The highest BCUT2D eigenvalue weighted by Gasteiger charge is 2.31.